The first kappa shape index (κ1) is 17.1. The Balaban J connectivity index is 1.49. The third-order valence-corrected chi connectivity index (χ3v) is 7.61. The van der Waals surface area contributed by atoms with Gasteiger partial charge in [0.2, 0.25) is 0 Å². The molecule has 3 atom stereocenters. The van der Waals surface area contributed by atoms with Crippen molar-refractivity contribution in [2.45, 2.75) is 52.1 Å². The molecule has 1 unspecified atom stereocenters. The van der Waals surface area contributed by atoms with Gasteiger partial charge in [0.15, 0.2) is 5.82 Å². The second-order valence-electron chi connectivity index (χ2n) is 8.31. The number of H-pyrrole nitrogens is 1. The summed E-state index contributed by atoms with van der Waals surface area (Å²) in [5.74, 6) is 1.55. The van der Waals surface area contributed by atoms with Crippen LogP contribution in [0.15, 0.2) is 29.1 Å². The summed E-state index contributed by atoms with van der Waals surface area (Å²) in [6.07, 6.45) is 4.38. The summed E-state index contributed by atoms with van der Waals surface area (Å²) in [7, 11) is 0. The maximum absolute atomic E-state index is 12.9. The van der Waals surface area contributed by atoms with E-state index in [9.17, 15) is 4.79 Å². The van der Waals surface area contributed by atoms with Gasteiger partial charge in [-0.15, -0.1) is 11.3 Å². The zero-order valence-electron chi connectivity index (χ0n) is 16.0. The van der Waals surface area contributed by atoms with Gasteiger partial charge >= 0.3 is 0 Å². The summed E-state index contributed by atoms with van der Waals surface area (Å²) in [5, 5.41) is 0.858. The monoisotopic (exact) mass is 380 g/mol. The second-order valence-corrected chi connectivity index (χ2v) is 9.39. The van der Waals surface area contributed by atoms with Crippen molar-refractivity contribution >= 4 is 21.6 Å². The molecule has 2 aromatic heterocycles. The van der Waals surface area contributed by atoms with Gasteiger partial charge in [-0.3, -0.25) is 4.79 Å². The molecular formula is C22H26N3OS+. The van der Waals surface area contributed by atoms with Crippen LogP contribution in [-0.2, 0) is 25.8 Å². The van der Waals surface area contributed by atoms with Gasteiger partial charge in [-0.2, -0.15) is 0 Å². The third kappa shape index (κ3) is 2.93. The number of nitrogens with one attached hydrogen (secondary N) is 2. The lowest BCUT2D eigenvalue weighted by molar-refractivity contribution is -0.945. The zero-order valence-corrected chi connectivity index (χ0v) is 16.8. The highest BCUT2D eigenvalue weighted by Crippen LogP contribution is 2.35. The summed E-state index contributed by atoms with van der Waals surface area (Å²) in [6.45, 7) is 6.58. The fourth-order valence-corrected chi connectivity index (χ4v) is 6.13. The molecule has 2 N–H and O–H groups in total. The number of nitrogens with zero attached hydrogens (tertiary/aromatic N) is 1. The molecule has 1 aromatic carbocycles. The van der Waals surface area contributed by atoms with Crippen LogP contribution in [0.3, 0.4) is 0 Å². The maximum Gasteiger partial charge on any atom is 0.260 e. The Kier molecular flexibility index (Phi) is 4.17. The Morgan fingerprint density at radius 1 is 1.26 bits per heavy atom. The van der Waals surface area contributed by atoms with E-state index in [1.807, 2.05) is 0 Å². The van der Waals surface area contributed by atoms with E-state index in [-0.39, 0.29) is 11.6 Å². The molecule has 3 aromatic rings. The summed E-state index contributed by atoms with van der Waals surface area (Å²) >= 11 is 1.74. The first-order valence-electron chi connectivity index (χ1n) is 10.1. The van der Waals surface area contributed by atoms with Crippen molar-refractivity contribution in [2.75, 3.05) is 6.54 Å². The van der Waals surface area contributed by atoms with Crippen LogP contribution < -0.4 is 10.5 Å². The predicted molar refractivity (Wildman–Crippen MR) is 110 cm³/mol. The minimum Gasteiger partial charge on any atom is -0.322 e. The van der Waals surface area contributed by atoms with Gasteiger partial charge in [0.05, 0.1) is 11.9 Å². The van der Waals surface area contributed by atoms with E-state index in [2.05, 4.69) is 43.1 Å². The van der Waals surface area contributed by atoms with Gasteiger partial charge in [0.1, 0.15) is 17.4 Å². The van der Waals surface area contributed by atoms with Crippen molar-refractivity contribution < 1.29 is 4.90 Å². The fourth-order valence-electron chi connectivity index (χ4n) is 4.74. The molecule has 0 fully saturated rings. The highest BCUT2D eigenvalue weighted by Gasteiger charge is 2.28. The highest BCUT2D eigenvalue weighted by atomic mass is 32.1. The average Bonchev–Trinajstić information content (AvgIpc) is 3.04. The Morgan fingerprint density at radius 3 is 2.93 bits per heavy atom. The molecule has 27 heavy (non-hydrogen) atoms. The van der Waals surface area contributed by atoms with E-state index in [0.29, 0.717) is 5.92 Å². The van der Waals surface area contributed by atoms with Crippen molar-refractivity contribution in [1.82, 2.24) is 9.97 Å². The lowest BCUT2D eigenvalue weighted by Gasteiger charge is -2.30. The lowest BCUT2D eigenvalue weighted by Crippen LogP contribution is -3.11. The number of quaternary nitrogens is 1. The number of thiophene rings is 1. The number of hydrogen-bond donors (Lipinski definition) is 2. The molecule has 140 valence electrons. The molecule has 0 spiro atoms. The van der Waals surface area contributed by atoms with Gasteiger partial charge in [0, 0.05) is 16.9 Å². The van der Waals surface area contributed by atoms with E-state index in [1.54, 1.807) is 11.3 Å². The molecule has 0 bridgehead atoms. The molecule has 0 saturated heterocycles. The minimum atomic E-state index is 0.0608. The average molecular weight is 381 g/mol. The van der Waals surface area contributed by atoms with Crippen LogP contribution in [0.5, 0.6) is 0 Å². The van der Waals surface area contributed by atoms with Gasteiger partial charge < -0.3 is 9.88 Å². The summed E-state index contributed by atoms with van der Waals surface area (Å²) in [5.41, 5.74) is 4.21. The van der Waals surface area contributed by atoms with Crippen LogP contribution in [0, 0.1) is 5.92 Å². The third-order valence-electron chi connectivity index (χ3n) is 6.46. The van der Waals surface area contributed by atoms with Crippen molar-refractivity contribution in [3.8, 4) is 0 Å². The standard InChI is InChI=1S/C22H25N3OS/c1-13-7-8-17-18(11-13)27-22-19(17)21(26)23-20(24-22)14(2)25-10-9-15-5-3-4-6-16(15)12-25/h3-6,13-14H,7-12H2,1-2H3,(H,23,24,26)/p+1/t13-,14+/m1/s1. The minimum absolute atomic E-state index is 0.0608. The molecule has 0 saturated carbocycles. The molecule has 1 aliphatic heterocycles. The Bertz CT molecular complexity index is 1070. The quantitative estimate of drug-likeness (QED) is 0.718. The van der Waals surface area contributed by atoms with E-state index in [1.165, 1.54) is 32.9 Å². The first-order chi connectivity index (χ1) is 13.1. The van der Waals surface area contributed by atoms with E-state index >= 15 is 0 Å². The summed E-state index contributed by atoms with van der Waals surface area (Å²) in [4.78, 5) is 24.8. The van der Waals surface area contributed by atoms with Crippen LogP contribution in [0.4, 0.5) is 0 Å². The van der Waals surface area contributed by atoms with Crippen LogP contribution in [0.1, 0.15) is 53.7 Å². The molecule has 2 aliphatic rings. The molecule has 4 nitrogen and oxygen atoms in total. The molecule has 5 rings (SSSR count). The van der Waals surface area contributed by atoms with Gasteiger partial charge in [-0.25, -0.2) is 4.98 Å². The summed E-state index contributed by atoms with van der Waals surface area (Å²) < 4.78 is 0. The topological polar surface area (TPSA) is 50.2 Å². The van der Waals surface area contributed by atoms with Crippen LogP contribution in [-0.4, -0.2) is 16.5 Å². The maximum atomic E-state index is 12.9. The van der Waals surface area contributed by atoms with Crippen LogP contribution >= 0.6 is 11.3 Å². The number of aromatic nitrogens is 2. The van der Waals surface area contributed by atoms with Crippen molar-refractivity contribution in [3.63, 3.8) is 0 Å². The SMILES string of the molecule is C[C@@H]1CCc2c(sc3nc([C@H](C)[NH+]4CCc5ccccc5C4)[nH]c(=O)c23)C1. The predicted octanol–water partition coefficient (Wildman–Crippen LogP) is 2.81. The molecule has 3 heterocycles. The smallest absolute Gasteiger partial charge is 0.260 e. The Labute approximate surface area is 163 Å². The van der Waals surface area contributed by atoms with E-state index < -0.39 is 0 Å². The fraction of sp³-hybridized carbons (Fsp3) is 0.455. The highest BCUT2D eigenvalue weighted by molar-refractivity contribution is 7.18. The largest absolute Gasteiger partial charge is 0.322 e. The van der Waals surface area contributed by atoms with Gasteiger partial charge in [-0.1, -0.05) is 31.2 Å². The lowest BCUT2D eigenvalue weighted by atomic mass is 9.89. The number of aromatic amines is 1. The number of hydrogen-bond acceptors (Lipinski definition) is 3. The Morgan fingerprint density at radius 2 is 2.07 bits per heavy atom. The number of benzene rings is 1. The van der Waals surface area contributed by atoms with Crippen LogP contribution in [0.2, 0.25) is 0 Å². The van der Waals surface area contributed by atoms with Gasteiger partial charge in [0.25, 0.3) is 5.56 Å². The first-order valence-corrected chi connectivity index (χ1v) is 10.9. The number of rotatable bonds is 2. The Hall–Kier alpha value is -1.98. The normalized spacial score (nSPS) is 23.0. The molecule has 5 heteroatoms. The molecule has 0 radical (unpaired) electrons. The molecular weight excluding hydrogens is 354 g/mol. The number of aryl methyl sites for hydroxylation is 1. The van der Waals surface area contributed by atoms with E-state index in [0.717, 1.165) is 48.4 Å². The zero-order chi connectivity index (χ0) is 18.5. The van der Waals surface area contributed by atoms with Crippen molar-refractivity contribution in [2.24, 2.45) is 5.92 Å². The van der Waals surface area contributed by atoms with Crippen molar-refractivity contribution in [1.29, 1.82) is 0 Å². The molecule has 1 aliphatic carbocycles. The van der Waals surface area contributed by atoms with E-state index in [4.69, 9.17) is 4.98 Å². The van der Waals surface area contributed by atoms with Gasteiger partial charge in [-0.05, 0) is 43.2 Å². The van der Waals surface area contributed by atoms with Crippen LogP contribution in [0.25, 0.3) is 10.2 Å². The van der Waals surface area contributed by atoms with Crippen molar-refractivity contribution in [3.05, 3.63) is 62.0 Å². The second kappa shape index (κ2) is 6.57. The summed E-state index contributed by atoms with van der Waals surface area (Å²) in [6, 6.07) is 8.90. The number of fused-ring (bicyclic) bond motifs is 4. The molecule has 0 amide bonds.